The first-order valence-electron chi connectivity index (χ1n) is 11.1. The lowest BCUT2D eigenvalue weighted by molar-refractivity contribution is -0.118. The summed E-state index contributed by atoms with van der Waals surface area (Å²) in [7, 11) is 0. The lowest BCUT2D eigenvalue weighted by atomic mass is 10.2. The summed E-state index contributed by atoms with van der Waals surface area (Å²) in [6, 6.07) is 10.2. The van der Waals surface area contributed by atoms with Crippen LogP contribution in [0.2, 0.25) is 0 Å². The van der Waals surface area contributed by atoms with Gasteiger partial charge in [0, 0.05) is 24.6 Å². The Hall–Kier alpha value is -2.26. The van der Waals surface area contributed by atoms with E-state index in [1.54, 1.807) is 23.5 Å². The Morgan fingerprint density at radius 2 is 2.00 bits per heavy atom. The van der Waals surface area contributed by atoms with Crippen molar-refractivity contribution in [3.63, 3.8) is 0 Å². The van der Waals surface area contributed by atoms with Gasteiger partial charge in [0.25, 0.3) is 0 Å². The van der Waals surface area contributed by atoms with E-state index in [-0.39, 0.29) is 5.91 Å². The van der Waals surface area contributed by atoms with E-state index in [0.29, 0.717) is 24.8 Å². The fourth-order valence-corrected chi connectivity index (χ4v) is 4.49. The highest BCUT2D eigenvalue weighted by Crippen LogP contribution is 2.25. The molecular weight excluding hydrogens is 440 g/mol. The Balaban J connectivity index is 1.57. The molecule has 0 saturated heterocycles. The fraction of sp³-hybridized carbons (Fsp3) is 0.478. The van der Waals surface area contributed by atoms with Crippen LogP contribution in [0.3, 0.4) is 0 Å². The first-order valence-corrected chi connectivity index (χ1v) is 13.2. The van der Waals surface area contributed by atoms with E-state index >= 15 is 0 Å². The molecule has 0 saturated carbocycles. The Labute approximate surface area is 198 Å². The minimum atomic E-state index is 0.0375. The summed E-state index contributed by atoms with van der Waals surface area (Å²) >= 11 is 3.27. The topological polar surface area (TPSA) is 84.7 Å². The van der Waals surface area contributed by atoms with Gasteiger partial charge in [0.05, 0.1) is 23.9 Å². The summed E-state index contributed by atoms with van der Waals surface area (Å²) in [6.45, 7) is 8.40. The predicted octanol–water partition coefficient (Wildman–Crippen LogP) is 4.45. The molecule has 0 unspecified atom stereocenters. The molecule has 0 aliphatic carbocycles. The van der Waals surface area contributed by atoms with Gasteiger partial charge in [-0.25, -0.2) is 14.6 Å². The summed E-state index contributed by atoms with van der Waals surface area (Å²) < 4.78 is 1.85. The van der Waals surface area contributed by atoms with Crippen LogP contribution in [0.4, 0.5) is 5.82 Å². The summed E-state index contributed by atoms with van der Waals surface area (Å²) in [4.78, 5) is 21.6. The number of rotatable bonds is 13. The normalized spacial score (nSPS) is 11.2. The molecule has 3 aromatic rings. The maximum atomic E-state index is 12.2. The molecule has 0 bridgehead atoms. The first-order chi connectivity index (χ1) is 15.6. The molecule has 172 valence electrons. The van der Waals surface area contributed by atoms with Crippen LogP contribution < -0.4 is 10.6 Å². The van der Waals surface area contributed by atoms with E-state index in [0.717, 1.165) is 46.5 Å². The Kier molecular flexibility index (Phi) is 9.67. The zero-order valence-electron chi connectivity index (χ0n) is 19.0. The molecule has 3 rings (SSSR count). The predicted molar refractivity (Wildman–Crippen MR) is 135 cm³/mol. The van der Waals surface area contributed by atoms with Crippen molar-refractivity contribution >= 4 is 46.3 Å². The van der Waals surface area contributed by atoms with Gasteiger partial charge < -0.3 is 10.6 Å². The number of nitrogens with one attached hydrogen (secondary N) is 2. The molecule has 1 amide bonds. The van der Waals surface area contributed by atoms with Crippen molar-refractivity contribution in [3.05, 3.63) is 42.1 Å². The number of nitrogens with zero attached hydrogens (tertiary/aromatic N) is 4. The van der Waals surface area contributed by atoms with Crippen molar-refractivity contribution in [2.24, 2.45) is 5.92 Å². The third-order valence-electron chi connectivity index (χ3n) is 4.58. The van der Waals surface area contributed by atoms with E-state index < -0.39 is 0 Å². The number of aromatic nitrogens is 4. The Morgan fingerprint density at radius 3 is 2.75 bits per heavy atom. The second-order valence-corrected chi connectivity index (χ2v) is 9.96. The maximum absolute atomic E-state index is 12.2. The largest absolute Gasteiger partial charge is 0.369 e. The van der Waals surface area contributed by atoms with Crippen molar-refractivity contribution in [1.82, 2.24) is 25.1 Å². The van der Waals surface area contributed by atoms with Crippen LogP contribution in [0.15, 0.2) is 41.7 Å². The van der Waals surface area contributed by atoms with E-state index in [1.807, 2.05) is 29.1 Å². The zero-order chi connectivity index (χ0) is 22.8. The molecule has 0 radical (unpaired) electrons. The smallest absolute Gasteiger partial charge is 0.230 e. The molecule has 0 fully saturated rings. The molecule has 2 heterocycles. The van der Waals surface area contributed by atoms with Gasteiger partial charge >= 0.3 is 0 Å². The van der Waals surface area contributed by atoms with Gasteiger partial charge in [-0.2, -0.15) is 5.10 Å². The molecule has 0 atom stereocenters. The highest BCUT2D eigenvalue weighted by Gasteiger charge is 2.14. The van der Waals surface area contributed by atoms with Crippen LogP contribution in [0, 0.1) is 5.92 Å². The molecule has 7 nitrogen and oxygen atoms in total. The minimum absolute atomic E-state index is 0.0375. The third kappa shape index (κ3) is 7.41. The number of amides is 1. The average molecular weight is 473 g/mol. The monoisotopic (exact) mass is 472 g/mol. The van der Waals surface area contributed by atoms with Crippen molar-refractivity contribution in [2.75, 3.05) is 29.9 Å². The summed E-state index contributed by atoms with van der Waals surface area (Å²) in [5.74, 6) is 3.62. The average Bonchev–Trinajstić information content (AvgIpc) is 3.19. The quantitative estimate of drug-likeness (QED) is 0.281. The van der Waals surface area contributed by atoms with Gasteiger partial charge in [-0.15, -0.1) is 11.8 Å². The number of benzene rings is 1. The number of carbonyl (C=O) groups is 1. The van der Waals surface area contributed by atoms with Crippen molar-refractivity contribution in [2.45, 2.75) is 44.6 Å². The SMILES string of the molecule is CCCSc1nc(NCC(C)C)c2cnn(CCNC(=O)CSCc3ccccc3)c2n1. The molecular formula is C23H32N6OS2. The zero-order valence-corrected chi connectivity index (χ0v) is 20.6. The molecule has 9 heteroatoms. The number of hydrogen-bond acceptors (Lipinski definition) is 7. The van der Waals surface area contributed by atoms with Crippen molar-refractivity contribution in [1.29, 1.82) is 0 Å². The lowest BCUT2D eigenvalue weighted by Gasteiger charge is -2.11. The van der Waals surface area contributed by atoms with Crippen molar-refractivity contribution < 1.29 is 4.79 Å². The van der Waals surface area contributed by atoms with E-state index in [4.69, 9.17) is 9.97 Å². The summed E-state index contributed by atoms with van der Waals surface area (Å²) in [5, 5.41) is 12.6. The van der Waals surface area contributed by atoms with Crippen LogP contribution >= 0.6 is 23.5 Å². The van der Waals surface area contributed by atoms with Crippen LogP contribution in [0.5, 0.6) is 0 Å². The van der Waals surface area contributed by atoms with Gasteiger partial charge in [-0.05, 0) is 17.9 Å². The Morgan fingerprint density at radius 1 is 1.19 bits per heavy atom. The van der Waals surface area contributed by atoms with Crippen LogP contribution in [0.1, 0.15) is 32.8 Å². The molecule has 32 heavy (non-hydrogen) atoms. The highest BCUT2D eigenvalue weighted by molar-refractivity contribution is 7.99. The van der Waals surface area contributed by atoms with Gasteiger partial charge in [-0.1, -0.05) is 62.9 Å². The van der Waals surface area contributed by atoms with Crippen molar-refractivity contribution in [3.8, 4) is 0 Å². The Bertz CT molecular complexity index is 993. The second-order valence-electron chi connectivity index (χ2n) is 7.91. The van der Waals surface area contributed by atoms with E-state index in [1.165, 1.54) is 5.56 Å². The van der Waals surface area contributed by atoms with E-state index in [9.17, 15) is 4.79 Å². The lowest BCUT2D eigenvalue weighted by Crippen LogP contribution is -2.29. The first kappa shape index (κ1) is 24.4. The number of thioether (sulfide) groups is 2. The molecule has 2 N–H and O–H groups in total. The van der Waals surface area contributed by atoms with Gasteiger partial charge in [0.15, 0.2) is 10.8 Å². The number of carbonyl (C=O) groups excluding carboxylic acids is 1. The molecule has 2 aromatic heterocycles. The van der Waals surface area contributed by atoms with Gasteiger partial charge in [0.1, 0.15) is 5.82 Å². The van der Waals surface area contributed by atoms with Crippen LogP contribution in [-0.4, -0.2) is 50.3 Å². The van der Waals surface area contributed by atoms with Gasteiger partial charge in [0.2, 0.25) is 5.91 Å². The standard InChI is InChI=1S/C23H32N6OS2/c1-4-12-32-23-27-21(25-13-17(2)3)19-14-26-29(22(19)28-23)11-10-24-20(30)16-31-15-18-8-6-5-7-9-18/h5-9,14,17H,4,10-13,15-16H2,1-3H3,(H,24,30)(H,25,27,28). The maximum Gasteiger partial charge on any atom is 0.230 e. The number of anilines is 1. The summed E-state index contributed by atoms with van der Waals surface area (Å²) in [5.41, 5.74) is 2.03. The molecule has 0 aliphatic rings. The molecule has 0 aliphatic heterocycles. The van der Waals surface area contributed by atoms with Crippen LogP contribution in [0.25, 0.3) is 11.0 Å². The third-order valence-corrected chi connectivity index (χ3v) is 6.64. The minimum Gasteiger partial charge on any atom is -0.369 e. The second kappa shape index (κ2) is 12.7. The number of fused-ring (bicyclic) bond motifs is 1. The molecule has 1 aromatic carbocycles. The van der Waals surface area contributed by atoms with Gasteiger partial charge in [-0.3, -0.25) is 4.79 Å². The fourth-order valence-electron chi connectivity index (χ4n) is 2.98. The molecule has 0 spiro atoms. The highest BCUT2D eigenvalue weighted by atomic mass is 32.2. The van der Waals surface area contributed by atoms with E-state index in [2.05, 4.69) is 48.6 Å². The number of hydrogen-bond donors (Lipinski definition) is 2. The van der Waals surface area contributed by atoms with Crippen LogP contribution in [-0.2, 0) is 17.1 Å². The summed E-state index contributed by atoms with van der Waals surface area (Å²) in [6.07, 6.45) is 2.87.